The third-order valence-corrected chi connectivity index (χ3v) is 2.77. The van der Waals surface area contributed by atoms with Crippen LogP contribution >= 0.6 is 0 Å². The van der Waals surface area contributed by atoms with Crippen LogP contribution in [-0.2, 0) is 4.74 Å². The van der Waals surface area contributed by atoms with Crippen LogP contribution in [0.3, 0.4) is 0 Å². The van der Waals surface area contributed by atoms with Gasteiger partial charge < -0.3 is 14.4 Å². The topological polar surface area (TPSA) is 45.5 Å². The van der Waals surface area contributed by atoms with Crippen LogP contribution < -0.4 is 9.64 Å². The fourth-order valence-electron chi connectivity index (χ4n) is 1.62. The molecule has 1 unspecified atom stereocenters. The largest absolute Gasteiger partial charge is 0.497 e. The average Bonchev–Trinajstić information content (AvgIpc) is 2.37. The van der Waals surface area contributed by atoms with Crippen molar-refractivity contribution in [2.24, 2.45) is 0 Å². The van der Waals surface area contributed by atoms with E-state index in [1.807, 2.05) is 24.9 Å². The van der Waals surface area contributed by atoms with Gasteiger partial charge in [-0.15, -0.1) is 0 Å². The van der Waals surface area contributed by atoms with E-state index < -0.39 is 0 Å². The number of rotatable bonds is 5. The number of nitrogens with zero attached hydrogens (tertiary/aromatic N) is 2. The minimum absolute atomic E-state index is 0.194. The number of anilines is 1. The Morgan fingerprint density at radius 2 is 2.12 bits per heavy atom. The number of hydrogen-bond donors (Lipinski definition) is 0. The minimum Gasteiger partial charge on any atom is -0.497 e. The van der Waals surface area contributed by atoms with E-state index in [2.05, 4.69) is 6.07 Å². The SMILES string of the molecule is COCC(C)N(C)c1cc(OC)ccc1C#N. The van der Waals surface area contributed by atoms with Crippen molar-refractivity contribution in [1.29, 1.82) is 5.26 Å². The summed E-state index contributed by atoms with van der Waals surface area (Å²) in [4.78, 5) is 2.02. The average molecular weight is 234 g/mol. The van der Waals surface area contributed by atoms with Gasteiger partial charge in [0.15, 0.2) is 0 Å². The fourth-order valence-corrected chi connectivity index (χ4v) is 1.62. The number of likely N-dealkylation sites (N-methyl/N-ethyl adjacent to an activating group) is 1. The molecule has 1 rings (SSSR count). The summed E-state index contributed by atoms with van der Waals surface area (Å²) in [5, 5.41) is 9.09. The first-order chi connectivity index (χ1) is 8.13. The van der Waals surface area contributed by atoms with E-state index in [0.29, 0.717) is 12.2 Å². The Balaban J connectivity index is 3.05. The lowest BCUT2D eigenvalue weighted by atomic mass is 10.1. The monoisotopic (exact) mass is 234 g/mol. The number of benzene rings is 1. The summed E-state index contributed by atoms with van der Waals surface area (Å²) in [5.74, 6) is 0.746. The Morgan fingerprint density at radius 3 is 2.65 bits per heavy atom. The lowest BCUT2D eigenvalue weighted by Gasteiger charge is -2.27. The van der Waals surface area contributed by atoms with E-state index in [4.69, 9.17) is 14.7 Å². The predicted molar refractivity (Wildman–Crippen MR) is 67.5 cm³/mol. The minimum atomic E-state index is 0.194. The van der Waals surface area contributed by atoms with E-state index in [0.717, 1.165) is 11.4 Å². The fraction of sp³-hybridized carbons (Fsp3) is 0.462. The molecule has 0 amide bonds. The molecule has 0 aliphatic heterocycles. The zero-order chi connectivity index (χ0) is 12.8. The van der Waals surface area contributed by atoms with Crippen LogP contribution in [0.2, 0.25) is 0 Å². The molecule has 1 atom stereocenters. The summed E-state index contributed by atoms with van der Waals surface area (Å²) in [6, 6.07) is 7.80. The van der Waals surface area contributed by atoms with Crippen molar-refractivity contribution in [3.8, 4) is 11.8 Å². The van der Waals surface area contributed by atoms with Crippen LogP contribution in [0.4, 0.5) is 5.69 Å². The highest BCUT2D eigenvalue weighted by Gasteiger charge is 2.14. The molecule has 17 heavy (non-hydrogen) atoms. The molecule has 4 nitrogen and oxygen atoms in total. The number of hydrogen-bond acceptors (Lipinski definition) is 4. The summed E-state index contributed by atoms with van der Waals surface area (Å²) in [5.41, 5.74) is 1.49. The summed E-state index contributed by atoms with van der Waals surface area (Å²) in [6.07, 6.45) is 0. The van der Waals surface area contributed by atoms with E-state index in [9.17, 15) is 0 Å². The van der Waals surface area contributed by atoms with Gasteiger partial charge in [-0.1, -0.05) is 0 Å². The Labute approximate surface area is 102 Å². The van der Waals surface area contributed by atoms with Crippen LogP contribution in [0.25, 0.3) is 0 Å². The van der Waals surface area contributed by atoms with Crippen molar-refractivity contribution < 1.29 is 9.47 Å². The molecule has 0 fully saturated rings. The highest BCUT2D eigenvalue weighted by atomic mass is 16.5. The van der Waals surface area contributed by atoms with Crippen LogP contribution in [0, 0.1) is 11.3 Å². The number of ether oxygens (including phenoxy) is 2. The van der Waals surface area contributed by atoms with Crippen molar-refractivity contribution >= 4 is 5.69 Å². The molecule has 0 spiro atoms. The molecule has 0 saturated heterocycles. The predicted octanol–water partition coefficient (Wildman–Crippen LogP) is 2.04. The molecule has 0 aliphatic carbocycles. The Morgan fingerprint density at radius 1 is 1.41 bits per heavy atom. The second kappa shape index (κ2) is 6.12. The summed E-state index contributed by atoms with van der Waals surface area (Å²) < 4.78 is 10.3. The normalized spacial score (nSPS) is 11.7. The maximum absolute atomic E-state index is 9.09. The summed E-state index contributed by atoms with van der Waals surface area (Å²) in [7, 11) is 5.23. The second-order valence-corrected chi connectivity index (χ2v) is 3.91. The van der Waals surface area contributed by atoms with Crippen LogP contribution in [0.1, 0.15) is 12.5 Å². The zero-order valence-electron chi connectivity index (χ0n) is 10.7. The first-order valence-corrected chi connectivity index (χ1v) is 5.44. The van der Waals surface area contributed by atoms with Crippen molar-refractivity contribution in [2.45, 2.75) is 13.0 Å². The van der Waals surface area contributed by atoms with Gasteiger partial charge >= 0.3 is 0 Å². The van der Waals surface area contributed by atoms with Gasteiger partial charge in [0, 0.05) is 26.3 Å². The molecular formula is C13H18N2O2. The van der Waals surface area contributed by atoms with Crippen LogP contribution in [-0.4, -0.2) is 33.9 Å². The van der Waals surface area contributed by atoms with Crippen LogP contribution in [0.5, 0.6) is 5.75 Å². The maximum atomic E-state index is 9.09. The second-order valence-electron chi connectivity index (χ2n) is 3.91. The Kier molecular flexibility index (Phi) is 4.80. The third kappa shape index (κ3) is 3.11. The van der Waals surface area contributed by atoms with E-state index in [-0.39, 0.29) is 6.04 Å². The lowest BCUT2D eigenvalue weighted by molar-refractivity contribution is 0.183. The number of nitriles is 1. The van der Waals surface area contributed by atoms with Gasteiger partial charge in [-0.25, -0.2) is 0 Å². The van der Waals surface area contributed by atoms with Crippen molar-refractivity contribution in [1.82, 2.24) is 0 Å². The first-order valence-electron chi connectivity index (χ1n) is 5.44. The van der Waals surface area contributed by atoms with Gasteiger partial charge in [-0.3, -0.25) is 0 Å². The molecule has 1 aromatic carbocycles. The molecular weight excluding hydrogens is 216 g/mol. The molecule has 0 aromatic heterocycles. The standard InChI is InChI=1S/C13H18N2O2/c1-10(9-16-3)15(2)13-7-12(17-4)6-5-11(13)8-14/h5-7,10H,9H2,1-4H3. The van der Waals surface area contributed by atoms with Gasteiger partial charge in [-0.2, -0.15) is 5.26 Å². The lowest BCUT2D eigenvalue weighted by Crippen LogP contribution is -2.33. The zero-order valence-corrected chi connectivity index (χ0v) is 10.7. The summed E-state index contributed by atoms with van der Waals surface area (Å²) in [6.45, 7) is 2.66. The third-order valence-electron chi connectivity index (χ3n) is 2.77. The van der Waals surface area contributed by atoms with Gasteiger partial charge in [0.1, 0.15) is 11.8 Å². The van der Waals surface area contributed by atoms with Gasteiger partial charge in [0.25, 0.3) is 0 Å². The van der Waals surface area contributed by atoms with Gasteiger partial charge in [-0.05, 0) is 19.1 Å². The summed E-state index contributed by atoms with van der Waals surface area (Å²) >= 11 is 0. The Hall–Kier alpha value is -1.73. The number of methoxy groups -OCH3 is 2. The van der Waals surface area contributed by atoms with E-state index in [1.54, 1.807) is 26.4 Å². The molecule has 0 aliphatic rings. The van der Waals surface area contributed by atoms with Crippen LogP contribution in [0.15, 0.2) is 18.2 Å². The quantitative estimate of drug-likeness (QED) is 0.782. The van der Waals surface area contributed by atoms with Crippen molar-refractivity contribution in [2.75, 3.05) is 32.8 Å². The van der Waals surface area contributed by atoms with Gasteiger partial charge in [0.2, 0.25) is 0 Å². The molecule has 0 saturated carbocycles. The molecule has 1 aromatic rings. The Bertz CT molecular complexity index is 412. The highest BCUT2D eigenvalue weighted by molar-refractivity contribution is 5.62. The first kappa shape index (κ1) is 13.3. The molecule has 0 bridgehead atoms. The van der Waals surface area contributed by atoms with E-state index in [1.165, 1.54) is 0 Å². The molecule has 0 heterocycles. The highest BCUT2D eigenvalue weighted by Crippen LogP contribution is 2.26. The van der Waals surface area contributed by atoms with Crippen molar-refractivity contribution in [3.05, 3.63) is 23.8 Å². The van der Waals surface area contributed by atoms with Gasteiger partial charge in [0.05, 0.1) is 25.0 Å². The molecule has 0 N–H and O–H groups in total. The molecule has 4 heteroatoms. The molecule has 0 radical (unpaired) electrons. The maximum Gasteiger partial charge on any atom is 0.121 e. The molecule has 92 valence electrons. The van der Waals surface area contributed by atoms with Crippen molar-refractivity contribution in [3.63, 3.8) is 0 Å². The smallest absolute Gasteiger partial charge is 0.121 e. The van der Waals surface area contributed by atoms with E-state index >= 15 is 0 Å².